The van der Waals surface area contributed by atoms with Gasteiger partial charge in [-0.05, 0) is 95.9 Å². The Kier molecular flexibility index (Phi) is 14.4. The number of likely N-dealkylation sites (tertiary alicyclic amines) is 1. The van der Waals surface area contributed by atoms with Crippen molar-refractivity contribution < 1.29 is 37.4 Å². The lowest BCUT2D eigenvalue weighted by Gasteiger charge is -2.34. The molecule has 3 heterocycles. The molecule has 0 radical (unpaired) electrons. The maximum absolute atomic E-state index is 16.5. The summed E-state index contributed by atoms with van der Waals surface area (Å²) in [6.07, 6.45) is 6.19. The Hall–Kier alpha value is -6.32. The lowest BCUT2D eigenvalue weighted by atomic mass is 9.98. The number of hydrogen-bond donors (Lipinski definition) is 4. The fourth-order valence-electron chi connectivity index (χ4n) is 9.64. The van der Waals surface area contributed by atoms with Crippen molar-refractivity contribution in [1.82, 2.24) is 40.4 Å². The molecule has 16 heteroatoms. The van der Waals surface area contributed by atoms with Crippen molar-refractivity contribution in [2.24, 2.45) is 17.3 Å². The van der Waals surface area contributed by atoms with Crippen molar-refractivity contribution in [3.63, 3.8) is 0 Å². The van der Waals surface area contributed by atoms with Crippen LogP contribution in [0.1, 0.15) is 116 Å². The molecule has 2 aromatic heterocycles. The summed E-state index contributed by atoms with van der Waals surface area (Å²) in [7, 11) is 2.51. The molecule has 1 saturated heterocycles. The molecule has 2 saturated carbocycles. The van der Waals surface area contributed by atoms with E-state index in [4.69, 9.17) is 9.72 Å². The SMILES string of the molecule is CC.CCC.COC(=O)NCC(=O)N1C2CC[C@@H](C2)C1c1nc2ccc(-c3ccc4c(c3)C(F)(F)c3cc(-c5cnc(CN(CC6(C)CC6)C(=O)C(NC(=O)OC)C(C)C)[nH]5)ccc3-4)cc2[nH]1. The molecule has 4 N–H and O–H groups in total. The average Bonchev–Trinajstić information content (AvgIpc) is 3.90. The number of aromatic amines is 2. The summed E-state index contributed by atoms with van der Waals surface area (Å²) in [4.78, 5) is 70.6. The van der Waals surface area contributed by atoms with E-state index in [9.17, 15) is 19.2 Å². The standard InChI is InChI=1S/C46H50F2N8O6.C3H8.C2H6/c1-24(2)39(54-44(60)62-5)42(58)55(23-45(3)14-15-45)22-37-49-20-36(51-37)27-8-12-31-30-11-7-25(17-32(30)46(47,48)33(31)18-27)26-9-13-34-35(19-26)53-41(52-34)40-28-6-10-29(16-28)56(40)38(57)21-50-43(59)61-4;1-3-2;1-2/h7-9,11-13,17-20,24,28-29,39-40H,6,10,14-16,21-23H2,1-5H3,(H,49,51)(H,50,59)(H,52,53)(H,54,60);3H2,1-2H3;1-2H3/t28-,29?,39?,40?;;/m0../s1. The minimum absolute atomic E-state index is 0.0266. The third kappa shape index (κ3) is 9.89. The predicted octanol–water partition coefficient (Wildman–Crippen LogP) is 10.1. The van der Waals surface area contributed by atoms with Crippen LogP contribution in [0.2, 0.25) is 0 Å². The summed E-state index contributed by atoms with van der Waals surface area (Å²) in [5.74, 6) is -2.53. The number of benzene rings is 3. The highest BCUT2D eigenvalue weighted by molar-refractivity contribution is 5.88. The molecule has 14 nitrogen and oxygen atoms in total. The molecule has 9 rings (SSSR count). The van der Waals surface area contributed by atoms with E-state index in [0.29, 0.717) is 51.7 Å². The van der Waals surface area contributed by atoms with Crippen LogP contribution >= 0.6 is 0 Å². The summed E-state index contributed by atoms with van der Waals surface area (Å²) in [5.41, 5.74) is 4.55. The molecule has 4 aliphatic rings. The predicted molar refractivity (Wildman–Crippen MR) is 253 cm³/mol. The number of rotatable bonds is 12. The number of fused-ring (bicyclic) bond motifs is 6. The average molecular weight is 923 g/mol. The molecule has 3 fully saturated rings. The van der Waals surface area contributed by atoms with Crippen LogP contribution in [0.15, 0.2) is 60.8 Å². The van der Waals surface area contributed by atoms with Gasteiger partial charge in [0, 0.05) is 29.3 Å². The van der Waals surface area contributed by atoms with E-state index in [0.717, 1.165) is 43.2 Å². The number of piperidine rings is 1. The Morgan fingerprint density at radius 2 is 1.52 bits per heavy atom. The van der Waals surface area contributed by atoms with E-state index >= 15 is 8.78 Å². The number of halogens is 2. The number of alkyl carbamates (subject to hydrolysis) is 2. The number of H-pyrrole nitrogens is 2. The van der Waals surface area contributed by atoms with Crippen LogP contribution in [-0.4, -0.2) is 93.1 Å². The van der Waals surface area contributed by atoms with Gasteiger partial charge in [0.1, 0.15) is 24.2 Å². The quantitative estimate of drug-likeness (QED) is 0.0957. The van der Waals surface area contributed by atoms with Gasteiger partial charge in [0.05, 0.1) is 49.7 Å². The molecule has 3 unspecified atom stereocenters. The molecule has 358 valence electrons. The Bertz CT molecular complexity index is 2620. The summed E-state index contributed by atoms with van der Waals surface area (Å²) < 4.78 is 42.5. The van der Waals surface area contributed by atoms with Gasteiger partial charge in [-0.15, -0.1) is 0 Å². The maximum atomic E-state index is 16.5. The van der Waals surface area contributed by atoms with Gasteiger partial charge in [-0.2, -0.15) is 8.78 Å². The molecular weight excluding hydrogens is 859 g/mol. The molecule has 4 amide bonds. The first kappa shape index (κ1) is 48.6. The fraction of sp³-hybridized carbons (Fsp3) is 0.490. The number of hydrogen-bond acceptors (Lipinski definition) is 8. The Balaban J connectivity index is 0.00000128. The van der Waals surface area contributed by atoms with Crippen LogP contribution < -0.4 is 10.6 Å². The summed E-state index contributed by atoms with van der Waals surface area (Å²) in [5, 5.41) is 5.17. The van der Waals surface area contributed by atoms with Crippen LogP contribution in [0.3, 0.4) is 0 Å². The molecule has 3 aromatic carbocycles. The Morgan fingerprint density at radius 3 is 2.16 bits per heavy atom. The van der Waals surface area contributed by atoms with Crippen LogP contribution in [0, 0.1) is 17.3 Å². The molecular formula is C51H64F2N8O6. The second-order valence-electron chi connectivity index (χ2n) is 18.6. The number of amides is 4. The zero-order valence-electron chi connectivity index (χ0n) is 40.0. The van der Waals surface area contributed by atoms with E-state index in [1.807, 2.05) is 56.9 Å². The highest BCUT2D eigenvalue weighted by Crippen LogP contribution is 2.53. The number of nitrogens with zero attached hydrogens (tertiary/aromatic N) is 4. The van der Waals surface area contributed by atoms with E-state index in [-0.39, 0.29) is 65.4 Å². The smallest absolute Gasteiger partial charge is 0.407 e. The number of nitrogens with one attached hydrogen (secondary N) is 4. The number of alkyl halides is 2. The van der Waals surface area contributed by atoms with E-state index in [2.05, 4.69) is 51.1 Å². The van der Waals surface area contributed by atoms with E-state index in [1.54, 1.807) is 35.4 Å². The molecule has 0 spiro atoms. The van der Waals surface area contributed by atoms with Crippen molar-refractivity contribution in [3.8, 4) is 33.5 Å². The molecule has 1 aliphatic heterocycles. The molecule has 4 atom stereocenters. The van der Waals surface area contributed by atoms with Gasteiger partial charge in [-0.1, -0.05) is 85.2 Å². The topological polar surface area (TPSA) is 175 Å². The fourth-order valence-corrected chi connectivity index (χ4v) is 9.64. The van der Waals surface area contributed by atoms with Crippen LogP contribution in [0.5, 0.6) is 0 Å². The lowest BCUT2D eigenvalue weighted by molar-refractivity contribution is -0.136. The van der Waals surface area contributed by atoms with Crippen molar-refractivity contribution in [2.45, 2.75) is 118 Å². The van der Waals surface area contributed by atoms with Crippen molar-refractivity contribution in [1.29, 1.82) is 0 Å². The number of aromatic nitrogens is 4. The van der Waals surface area contributed by atoms with Gasteiger partial charge < -0.3 is 39.9 Å². The maximum Gasteiger partial charge on any atom is 0.407 e. The largest absolute Gasteiger partial charge is 0.453 e. The molecule has 2 bridgehead atoms. The van der Waals surface area contributed by atoms with Gasteiger partial charge in [-0.3, -0.25) is 9.59 Å². The highest BCUT2D eigenvalue weighted by Gasteiger charge is 2.50. The Labute approximate surface area is 391 Å². The first-order chi connectivity index (χ1) is 32.1. The monoisotopic (exact) mass is 922 g/mol. The molecule has 3 aliphatic carbocycles. The third-order valence-electron chi connectivity index (χ3n) is 13.2. The van der Waals surface area contributed by atoms with Crippen LogP contribution in [0.25, 0.3) is 44.5 Å². The first-order valence-corrected chi connectivity index (χ1v) is 23.6. The summed E-state index contributed by atoms with van der Waals surface area (Å²) in [6.45, 7) is 14.5. The highest BCUT2D eigenvalue weighted by atomic mass is 19.3. The van der Waals surface area contributed by atoms with Gasteiger partial charge in [-0.25, -0.2) is 19.6 Å². The van der Waals surface area contributed by atoms with Crippen molar-refractivity contribution in [2.75, 3.05) is 27.3 Å². The number of imidazole rings is 2. The van der Waals surface area contributed by atoms with Gasteiger partial charge in [0.15, 0.2) is 0 Å². The first-order valence-electron chi connectivity index (χ1n) is 23.6. The second kappa shape index (κ2) is 19.9. The number of ether oxygens (including phenoxy) is 2. The number of methoxy groups -OCH3 is 2. The number of carbonyl (C=O) groups excluding carboxylic acids is 4. The minimum Gasteiger partial charge on any atom is -0.453 e. The zero-order valence-corrected chi connectivity index (χ0v) is 40.0. The number of carbonyl (C=O) groups is 4. The third-order valence-corrected chi connectivity index (χ3v) is 13.2. The normalized spacial score (nSPS) is 19.3. The second-order valence-corrected chi connectivity index (χ2v) is 18.6. The lowest BCUT2D eigenvalue weighted by Crippen LogP contribution is -2.52. The van der Waals surface area contributed by atoms with Gasteiger partial charge in [0.2, 0.25) is 11.8 Å². The molecule has 67 heavy (non-hydrogen) atoms. The molecule has 5 aromatic rings. The van der Waals surface area contributed by atoms with E-state index in [1.165, 1.54) is 26.7 Å². The van der Waals surface area contributed by atoms with Crippen molar-refractivity contribution in [3.05, 3.63) is 83.6 Å². The zero-order chi connectivity index (χ0) is 48.4. The minimum atomic E-state index is -3.28. The summed E-state index contributed by atoms with van der Waals surface area (Å²) >= 11 is 0. The Morgan fingerprint density at radius 1 is 0.896 bits per heavy atom. The van der Waals surface area contributed by atoms with E-state index < -0.39 is 24.2 Å². The van der Waals surface area contributed by atoms with Crippen LogP contribution in [0.4, 0.5) is 18.4 Å². The van der Waals surface area contributed by atoms with Gasteiger partial charge >= 0.3 is 12.2 Å². The van der Waals surface area contributed by atoms with Crippen LogP contribution in [-0.2, 0) is 31.5 Å². The van der Waals surface area contributed by atoms with Crippen molar-refractivity contribution >= 4 is 35.0 Å². The van der Waals surface area contributed by atoms with Gasteiger partial charge in [0.25, 0.3) is 5.92 Å². The summed E-state index contributed by atoms with van der Waals surface area (Å²) in [6, 6.07) is 14.8.